The lowest BCUT2D eigenvalue weighted by molar-refractivity contribution is 0.111. The Labute approximate surface area is 57.5 Å². The van der Waals surface area contributed by atoms with Gasteiger partial charge in [-0.1, -0.05) is 0 Å². The van der Waals surface area contributed by atoms with E-state index in [2.05, 4.69) is 4.98 Å². The molecule has 0 saturated carbocycles. The highest BCUT2D eigenvalue weighted by atomic mass is 19.1. The van der Waals surface area contributed by atoms with Crippen molar-refractivity contribution in [3.8, 4) is 0 Å². The normalized spacial score (nSPS) is 9.80. The fourth-order valence-electron chi connectivity index (χ4n) is 0.695. The van der Waals surface area contributed by atoms with Crippen LogP contribution in [0.3, 0.4) is 0 Å². The summed E-state index contributed by atoms with van der Waals surface area (Å²) in [7, 11) is 1.60. The Bertz CT molecular complexity index is 244. The summed E-state index contributed by atoms with van der Waals surface area (Å²) in [4.78, 5) is 13.8. The predicted molar refractivity (Wildman–Crippen MR) is 33.4 cm³/mol. The number of aromatic nitrogens is 2. The first-order chi connectivity index (χ1) is 4.79. The summed E-state index contributed by atoms with van der Waals surface area (Å²) in [6, 6.07) is 0. The molecule has 4 heteroatoms. The fraction of sp³-hybridized carbons (Fsp3) is 0.333. The molecule has 1 aromatic rings. The van der Waals surface area contributed by atoms with E-state index in [-0.39, 0.29) is 5.82 Å². The number of hydrogen-bond donors (Lipinski definition) is 0. The van der Waals surface area contributed by atoms with Gasteiger partial charge in [0.1, 0.15) is 6.67 Å². The van der Waals surface area contributed by atoms with Crippen molar-refractivity contribution in [1.29, 1.82) is 0 Å². The third-order valence-electron chi connectivity index (χ3n) is 1.36. The monoisotopic (exact) mass is 142 g/mol. The van der Waals surface area contributed by atoms with Crippen LogP contribution in [0.5, 0.6) is 0 Å². The van der Waals surface area contributed by atoms with Gasteiger partial charge in [-0.3, -0.25) is 4.79 Å². The van der Waals surface area contributed by atoms with Crippen molar-refractivity contribution < 1.29 is 9.18 Å². The first kappa shape index (κ1) is 6.92. The Morgan fingerprint density at radius 2 is 2.60 bits per heavy atom. The SMILES string of the molecule is Cn1c(CF)cnc1C=O. The lowest BCUT2D eigenvalue weighted by Crippen LogP contribution is -1.98. The van der Waals surface area contributed by atoms with Gasteiger partial charge in [0.25, 0.3) is 0 Å². The average molecular weight is 142 g/mol. The van der Waals surface area contributed by atoms with Gasteiger partial charge in [-0.2, -0.15) is 0 Å². The van der Waals surface area contributed by atoms with Crippen molar-refractivity contribution in [3.05, 3.63) is 17.7 Å². The van der Waals surface area contributed by atoms with E-state index in [0.717, 1.165) is 0 Å². The molecule has 0 spiro atoms. The minimum Gasteiger partial charge on any atom is -0.327 e. The molecule has 1 aromatic heterocycles. The van der Waals surface area contributed by atoms with Crippen LogP contribution in [0.4, 0.5) is 4.39 Å². The van der Waals surface area contributed by atoms with Crippen molar-refractivity contribution in [2.45, 2.75) is 6.67 Å². The lowest BCUT2D eigenvalue weighted by atomic mass is 10.5. The first-order valence-electron chi connectivity index (χ1n) is 2.81. The van der Waals surface area contributed by atoms with E-state index >= 15 is 0 Å². The average Bonchev–Trinajstić information content (AvgIpc) is 2.30. The van der Waals surface area contributed by atoms with E-state index in [0.29, 0.717) is 12.0 Å². The summed E-state index contributed by atoms with van der Waals surface area (Å²) >= 11 is 0. The van der Waals surface area contributed by atoms with Gasteiger partial charge >= 0.3 is 0 Å². The topological polar surface area (TPSA) is 34.9 Å². The van der Waals surface area contributed by atoms with Gasteiger partial charge in [0.2, 0.25) is 0 Å². The predicted octanol–water partition coefficient (Wildman–Crippen LogP) is 0.702. The van der Waals surface area contributed by atoms with Gasteiger partial charge in [0, 0.05) is 7.05 Å². The highest BCUT2D eigenvalue weighted by Crippen LogP contribution is 2.01. The van der Waals surface area contributed by atoms with E-state index in [4.69, 9.17) is 0 Å². The number of aldehydes is 1. The molecule has 0 aliphatic carbocycles. The van der Waals surface area contributed by atoms with E-state index in [1.54, 1.807) is 7.05 Å². The molecule has 1 heterocycles. The fourth-order valence-corrected chi connectivity index (χ4v) is 0.695. The van der Waals surface area contributed by atoms with Gasteiger partial charge in [0.15, 0.2) is 12.1 Å². The minimum absolute atomic E-state index is 0.257. The second kappa shape index (κ2) is 2.60. The number of nitrogens with zero attached hydrogens (tertiary/aromatic N) is 2. The molecule has 0 aliphatic heterocycles. The minimum atomic E-state index is -0.586. The molecule has 0 aliphatic rings. The van der Waals surface area contributed by atoms with Crippen LogP contribution in [-0.4, -0.2) is 15.8 Å². The highest BCUT2D eigenvalue weighted by molar-refractivity contribution is 5.69. The van der Waals surface area contributed by atoms with Gasteiger partial charge < -0.3 is 4.57 Å². The first-order valence-corrected chi connectivity index (χ1v) is 2.81. The van der Waals surface area contributed by atoms with Gasteiger partial charge in [-0.25, -0.2) is 9.37 Å². The number of alkyl halides is 1. The maximum absolute atomic E-state index is 12.0. The van der Waals surface area contributed by atoms with Crippen molar-refractivity contribution in [2.75, 3.05) is 0 Å². The molecule has 0 atom stereocenters. The molecular weight excluding hydrogens is 135 g/mol. The van der Waals surface area contributed by atoms with Gasteiger partial charge in [-0.05, 0) is 0 Å². The van der Waals surface area contributed by atoms with Crippen molar-refractivity contribution in [3.63, 3.8) is 0 Å². The van der Waals surface area contributed by atoms with Crippen LogP contribution in [0.15, 0.2) is 6.20 Å². The zero-order valence-corrected chi connectivity index (χ0v) is 5.54. The third kappa shape index (κ3) is 0.920. The van der Waals surface area contributed by atoms with Crippen LogP contribution in [0.25, 0.3) is 0 Å². The summed E-state index contributed by atoms with van der Waals surface area (Å²) < 4.78 is 13.4. The van der Waals surface area contributed by atoms with E-state index in [1.807, 2.05) is 0 Å². The Balaban J connectivity index is 3.08. The Kier molecular flexibility index (Phi) is 1.80. The molecule has 0 fully saturated rings. The maximum Gasteiger partial charge on any atom is 0.185 e. The van der Waals surface area contributed by atoms with Crippen molar-refractivity contribution in [2.24, 2.45) is 7.05 Å². The summed E-state index contributed by atoms with van der Waals surface area (Å²) in [5, 5.41) is 0. The van der Waals surface area contributed by atoms with E-state index in [1.165, 1.54) is 10.8 Å². The standard InChI is InChI=1S/C6H7FN2O/c1-9-5(2-7)3-8-6(9)4-10/h3-4H,2H2,1H3. The van der Waals surface area contributed by atoms with E-state index in [9.17, 15) is 9.18 Å². The number of imidazole rings is 1. The van der Waals surface area contributed by atoms with E-state index < -0.39 is 6.67 Å². The van der Waals surface area contributed by atoms with Crippen LogP contribution >= 0.6 is 0 Å². The van der Waals surface area contributed by atoms with Crippen LogP contribution < -0.4 is 0 Å². The number of halogens is 1. The quantitative estimate of drug-likeness (QED) is 0.570. The molecule has 0 N–H and O–H groups in total. The number of rotatable bonds is 2. The molecule has 54 valence electrons. The molecule has 0 aromatic carbocycles. The second-order valence-corrected chi connectivity index (χ2v) is 1.92. The Morgan fingerprint density at radius 3 is 2.90 bits per heavy atom. The van der Waals surface area contributed by atoms with Crippen LogP contribution in [-0.2, 0) is 13.7 Å². The summed E-state index contributed by atoms with van der Waals surface area (Å²) in [6.07, 6.45) is 1.95. The molecule has 0 unspecified atom stereocenters. The van der Waals surface area contributed by atoms with Crippen LogP contribution in [0.2, 0.25) is 0 Å². The van der Waals surface area contributed by atoms with Gasteiger partial charge in [0.05, 0.1) is 11.9 Å². The molecular formula is C6H7FN2O. The van der Waals surface area contributed by atoms with Gasteiger partial charge in [-0.15, -0.1) is 0 Å². The highest BCUT2D eigenvalue weighted by Gasteiger charge is 2.02. The third-order valence-corrected chi connectivity index (χ3v) is 1.36. The number of carbonyl (C=O) groups is 1. The van der Waals surface area contributed by atoms with Crippen molar-refractivity contribution >= 4 is 6.29 Å². The zero-order chi connectivity index (χ0) is 7.56. The largest absolute Gasteiger partial charge is 0.327 e. The van der Waals surface area contributed by atoms with Crippen LogP contribution in [0, 0.1) is 0 Å². The molecule has 0 saturated heterocycles. The van der Waals surface area contributed by atoms with Crippen LogP contribution in [0.1, 0.15) is 16.3 Å². The van der Waals surface area contributed by atoms with Crippen molar-refractivity contribution in [1.82, 2.24) is 9.55 Å². The summed E-state index contributed by atoms with van der Waals surface area (Å²) in [6.45, 7) is -0.586. The molecule has 3 nitrogen and oxygen atoms in total. The molecule has 0 radical (unpaired) electrons. The summed E-state index contributed by atoms with van der Waals surface area (Å²) in [5.41, 5.74) is 0.419. The number of hydrogen-bond acceptors (Lipinski definition) is 2. The molecule has 1 rings (SSSR count). The summed E-state index contributed by atoms with van der Waals surface area (Å²) in [5.74, 6) is 0.257. The molecule has 0 bridgehead atoms. The number of carbonyl (C=O) groups excluding carboxylic acids is 1. The maximum atomic E-state index is 12.0. The molecule has 0 amide bonds. The smallest absolute Gasteiger partial charge is 0.185 e. The Hall–Kier alpha value is -1.19. The molecule has 10 heavy (non-hydrogen) atoms. The Morgan fingerprint density at radius 1 is 1.90 bits per heavy atom. The second-order valence-electron chi connectivity index (χ2n) is 1.92. The zero-order valence-electron chi connectivity index (χ0n) is 5.54. The lowest BCUT2D eigenvalue weighted by Gasteiger charge is -1.95.